The molecular formula is C12H9Cl2FN2O2S. The number of para-hydroxylation sites is 1. The van der Waals surface area contributed by atoms with Crippen LogP contribution >= 0.6 is 23.2 Å². The van der Waals surface area contributed by atoms with Crippen molar-refractivity contribution in [2.45, 2.75) is 4.90 Å². The first kappa shape index (κ1) is 14.9. The van der Waals surface area contributed by atoms with E-state index in [0.717, 1.165) is 18.2 Å². The molecule has 0 atom stereocenters. The number of anilines is 2. The molecule has 106 valence electrons. The minimum atomic E-state index is -4.02. The number of nitrogens with two attached hydrogens (primary N) is 1. The molecule has 0 unspecified atom stereocenters. The van der Waals surface area contributed by atoms with E-state index in [9.17, 15) is 12.8 Å². The molecule has 3 N–H and O–H groups in total. The van der Waals surface area contributed by atoms with Gasteiger partial charge in [-0.1, -0.05) is 29.3 Å². The average molecular weight is 335 g/mol. The Kier molecular flexibility index (Phi) is 4.08. The number of sulfonamides is 1. The minimum absolute atomic E-state index is 0.0413. The zero-order chi connectivity index (χ0) is 14.9. The molecule has 0 saturated heterocycles. The van der Waals surface area contributed by atoms with Crippen molar-refractivity contribution in [3.8, 4) is 0 Å². The number of nitrogens with one attached hydrogen (secondary N) is 1. The van der Waals surface area contributed by atoms with Crippen molar-refractivity contribution in [2.24, 2.45) is 0 Å². The normalized spacial score (nSPS) is 11.3. The summed E-state index contributed by atoms with van der Waals surface area (Å²) in [4.78, 5) is -0.255. The van der Waals surface area contributed by atoms with Crippen LogP contribution in [0.25, 0.3) is 0 Å². The lowest BCUT2D eigenvalue weighted by Crippen LogP contribution is -2.15. The molecule has 0 radical (unpaired) electrons. The number of nitrogen functional groups attached to an aromatic ring is 1. The maximum absolute atomic E-state index is 13.0. The van der Waals surface area contributed by atoms with Crippen molar-refractivity contribution < 1.29 is 12.8 Å². The molecule has 0 saturated carbocycles. The number of rotatable bonds is 3. The maximum Gasteiger partial charge on any atom is 0.264 e. The van der Waals surface area contributed by atoms with Gasteiger partial charge in [-0.15, -0.1) is 0 Å². The number of benzene rings is 2. The van der Waals surface area contributed by atoms with E-state index in [0.29, 0.717) is 0 Å². The molecule has 2 aromatic rings. The van der Waals surface area contributed by atoms with Crippen molar-refractivity contribution in [3.63, 3.8) is 0 Å². The Bertz CT molecular complexity index is 746. The van der Waals surface area contributed by atoms with Crippen LogP contribution in [0.2, 0.25) is 10.0 Å². The van der Waals surface area contributed by atoms with E-state index in [2.05, 4.69) is 4.72 Å². The highest BCUT2D eigenvalue weighted by molar-refractivity contribution is 7.93. The Morgan fingerprint density at radius 3 is 2.25 bits per heavy atom. The second-order valence-corrected chi connectivity index (χ2v) is 6.35. The van der Waals surface area contributed by atoms with Crippen LogP contribution in [0.1, 0.15) is 0 Å². The molecule has 0 spiro atoms. The van der Waals surface area contributed by atoms with Gasteiger partial charge in [0.2, 0.25) is 0 Å². The fourth-order valence-electron chi connectivity index (χ4n) is 1.55. The number of hydrogen-bond acceptors (Lipinski definition) is 3. The van der Waals surface area contributed by atoms with Crippen molar-refractivity contribution in [2.75, 3.05) is 10.5 Å². The molecule has 0 aliphatic rings. The van der Waals surface area contributed by atoms with Gasteiger partial charge in [-0.3, -0.25) is 4.72 Å². The van der Waals surface area contributed by atoms with E-state index >= 15 is 0 Å². The van der Waals surface area contributed by atoms with Gasteiger partial charge < -0.3 is 5.73 Å². The molecule has 0 aromatic heterocycles. The molecule has 8 heteroatoms. The molecule has 0 aliphatic carbocycles. The lowest BCUT2D eigenvalue weighted by molar-refractivity contribution is 0.600. The summed E-state index contributed by atoms with van der Waals surface area (Å²) in [5, 5.41) is 0.281. The zero-order valence-corrected chi connectivity index (χ0v) is 12.2. The minimum Gasteiger partial charge on any atom is -0.398 e. The molecular weight excluding hydrogens is 326 g/mol. The highest BCUT2D eigenvalue weighted by Crippen LogP contribution is 2.32. The highest BCUT2D eigenvalue weighted by atomic mass is 35.5. The Hall–Kier alpha value is -1.50. The Morgan fingerprint density at radius 1 is 1.10 bits per heavy atom. The third kappa shape index (κ3) is 2.98. The molecule has 0 amide bonds. The Balaban J connectivity index is 2.46. The second kappa shape index (κ2) is 5.47. The highest BCUT2D eigenvalue weighted by Gasteiger charge is 2.20. The summed E-state index contributed by atoms with van der Waals surface area (Å²) in [6, 6.07) is 7.53. The second-order valence-electron chi connectivity index (χ2n) is 3.88. The van der Waals surface area contributed by atoms with Gasteiger partial charge in [0, 0.05) is 0 Å². The van der Waals surface area contributed by atoms with Crippen molar-refractivity contribution in [1.82, 2.24) is 0 Å². The molecule has 0 heterocycles. The molecule has 0 bridgehead atoms. The van der Waals surface area contributed by atoms with Gasteiger partial charge in [0.05, 0.1) is 21.4 Å². The number of hydrogen-bond donors (Lipinski definition) is 2. The zero-order valence-electron chi connectivity index (χ0n) is 9.90. The summed E-state index contributed by atoms with van der Waals surface area (Å²) < 4.78 is 39.6. The van der Waals surface area contributed by atoms with Crippen molar-refractivity contribution in [1.29, 1.82) is 0 Å². The third-order valence-corrected chi connectivity index (χ3v) is 4.51. The fourth-order valence-corrected chi connectivity index (χ4v) is 3.37. The monoisotopic (exact) mass is 334 g/mol. The average Bonchev–Trinajstić information content (AvgIpc) is 2.33. The van der Waals surface area contributed by atoms with E-state index < -0.39 is 15.8 Å². The van der Waals surface area contributed by atoms with E-state index in [1.54, 1.807) is 6.07 Å². The van der Waals surface area contributed by atoms with Crippen LogP contribution in [-0.2, 0) is 10.0 Å². The summed E-state index contributed by atoms with van der Waals surface area (Å²) in [6.45, 7) is 0. The SMILES string of the molecule is Nc1cc(F)ccc1S(=O)(=O)Nc1c(Cl)cccc1Cl. The number of halogens is 3. The topological polar surface area (TPSA) is 72.2 Å². The summed E-state index contributed by atoms with van der Waals surface area (Å²) in [5.41, 5.74) is 5.35. The van der Waals surface area contributed by atoms with Crippen LogP contribution in [0.3, 0.4) is 0 Å². The van der Waals surface area contributed by atoms with E-state index in [4.69, 9.17) is 28.9 Å². The molecule has 0 fully saturated rings. The Labute approximate surface area is 125 Å². The van der Waals surface area contributed by atoms with Crippen LogP contribution in [0.15, 0.2) is 41.3 Å². The smallest absolute Gasteiger partial charge is 0.264 e. The van der Waals surface area contributed by atoms with Crippen LogP contribution in [0, 0.1) is 5.82 Å². The van der Waals surface area contributed by atoms with Gasteiger partial charge in [0.15, 0.2) is 0 Å². The van der Waals surface area contributed by atoms with Crippen LogP contribution < -0.4 is 10.5 Å². The van der Waals surface area contributed by atoms with Crippen molar-refractivity contribution >= 4 is 44.6 Å². The molecule has 4 nitrogen and oxygen atoms in total. The molecule has 2 rings (SSSR count). The maximum atomic E-state index is 13.0. The fraction of sp³-hybridized carbons (Fsp3) is 0. The summed E-state index contributed by atoms with van der Waals surface area (Å²) in [6.07, 6.45) is 0. The third-order valence-electron chi connectivity index (χ3n) is 2.46. The first-order chi connectivity index (χ1) is 9.31. The van der Waals surface area contributed by atoms with Gasteiger partial charge in [-0.05, 0) is 30.3 Å². The van der Waals surface area contributed by atoms with Crippen LogP contribution in [0.4, 0.5) is 15.8 Å². The summed E-state index contributed by atoms with van der Waals surface area (Å²) in [5.74, 6) is -0.628. The van der Waals surface area contributed by atoms with Crippen LogP contribution in [-0.4, -0.2) is 8.42 Å². The Morgan fingerprint density at radius 2 is 1.70 bits per heavy atom. The standard InChI is InChI=1S/C12H9Cl2FN2O2S/c13-8-2-1-3-9(14)12(8)17-20(18,19)11-5-4-7(15)6-10(11)16/h1-6,17H,16H2. The lowest BCUT2D eigenvalue weighted by atomic mass is 10.3. The van der Waals surface area contributed by atoms with E-state index in [-0.39, 0.29) is 26.3 Å². The first-order valence-corrected chi connectivity index (χ1v) is 7.57. The lowest BCUT2D eigenvalue weighted by Gasteiger charge is -2.12. The van der Waals surface area contributed by atoms with Gasteiger partial charge in [0.25, 0.3) is 10.0 Å². The van der Waals surface area contributed by atoms with Crippen LogP contribution in [0.5, 0.6) is 0 Å². The summed E-state index contributed by atoms with van der Waals surface area (Å²) in [7, 11) is -4.02. The largest absolute Gasteiger partial charge is 0.398 e. The van der Waals surface area contributed by atoms with Gasteiger partial charge in [-0.25, -0.2) is 12.8 Å². The molecule has 20 heavy (non-hydrogen) atoms. The van der Waals surface area contributed by atoms with Crippen molar-refractivity contribution in [3.05, 3.63) is 52.3 Å². The first-order valence-electron chi connectivity index (χ1n) is 5.33. The molecule has 2 aromatic carbocycles. The van der Waals surface area contributed by atoms with Gasteiger partial charge in [0.1, 0.15) is 10.7 Å². The predicted molar refractivity (Wildman–Crippen MR) is 78.1 cm³/mol. The summed E-state index contributed by atoms with van der Waals surface area (Å²) >= 11 is 11.8. The quantitative estimate of drug-likeness (QED) is 0.843. The van der Waals surface area contributed by atoms with E-state index in [1.807, 2.05) is 0 Å². The van der Waals surface area contributed by atoms with E-state index in [1.165, 1.54) is 12.1 Å². The van der Waals surface area contributed by atoms with Gasteiger partial charge >= 0.3 is 0 Å². The molecule has 0 aliphatic heterocycles. The predicted octanol–water partition coefficient (Wildman–Crippen LogP) is 3.52. The van der Waals surface area contributed by atoms with Gasteiger partial charge in [-0.2, -0.15) is 0 Å².